The molecule has 0 aromatic heterocycles. The molecule has 0 amide bonds. The van der Waals surface area contributed by atoms with Crippen molar-refractivity contribution in [3.05, 3.63) is 0 Å². The third kappa shape index (κ3) is 58.9. The molecule has 0 bridgehead atoms. The minimum atomic E-state index is -4.95. The minimum absolute atomic E-state index is 0.101. The van der Waals surface area contributed by atoms with Crippen LogP contribution >= 0.6 is 15.6 Å². The highest BCUT2D eigenvalue weighted by Gasteiger charge is 2.30. The van der Waals surface area contributed by atoms with Gasteiger partial charge >= 0.3 is 39.5 Å². The third-order valence-electron chi connectivity index (χ3n) is 16.7. The number of carbonyl (C=O) groups is 4. The summed E-state index contributed by atoms with van der Waals surface area (Å²) in [5.41, 5.74) is 0. The van der Waals surface area contributed by atoms with E-state index < -0.39 is 97.5 Å². The van der Waals surface area contributed by atoms with Gasteiger partial charge in [0.15, 0.2) is 12.2 Å². The van der Waals surface area contributed by atoms with E-state index in [0.717, 1.165) is 114 Å². The number of phosphoric acid groups is 2. The lowest BCUT2D eigenvalue weighted by Gasteiger charge is -2.21. The second kappa shape index (κ2) is 57.9. The summed E-state index contributed by atoms with van der Waals surface area (Å²) < 4.78 is 68.2. The van der Waals surface area contributed by atoms with Crippen molar-refractivity contribution in [1.82, 2.24) is 0 Å². The summed E-state index contributed by atoms with van der Waals surface area (Å²) in [4.78, 5) is 72.4. The van der Waals surface area contributed by atoms with Gasteiger partial charge < -0.3 is 33.8 Å². The molecule has 0 aliphatic rings. The van der Waals surface area contributed by atoms with Crippen LogP contribution in [0.4, 0.5) is 0 Å². The second-order valence-electron chi connectivity index (χ2n) is 25.8. The zero-order valence-corrected chi connectivity index (χ0v) is 58.4. The average Bonchev–Trinajstić information content (AvgIpc) is 3.64. The van der Waals surface area contributed by atoms with E-state index in [-0.39, 0.29) is 25.7 Å². The zero-order chi connectivity index (χ0) is 64.7. The predicted molar refractivity (Wildman–Crippen MR) is 349 cm³/mol. The highest BCUT2D eigenvalue weighted by atomic mass is 31.2. The third-order valence-corrected chi connectivity index (χ3v) is 18.6. The second-order valence-corrected chi connectivity index (χ2v) is 28.7. The molecule has 0 heterocycles. The molecule has 3 N–H and O–H groups in total. The molecule has 516 valence electrons. The van der Waals surface area contributed by atoms with Crippen molar-refractivity contribution in [3.63, 3.8) is 0 Å². The lowest BCUT2D eigenvalue weighted by Crippen LogP contribution is -2.30. The maximum Gasteiger partial charge on any atom is 0.472 e. The molecular formula is C68H132O17P2. The molecule has 0 fully saturated rings. The molecule has 0 saturated carbocycles. The number of esters is 4. The van der Waals surface area contributed by atoms with Gasteiger partial charge in [0.1, 0.15) is 19.3 Å². The Hall–Kier alpha value is -1.94. The van der Waals surface area contributed by atoms with E-state index in [1.807, 2.05) is 0 Å². The molecule has 19 heteroatoms. The largest absolute Gasteiger partial charge is 0.472 e. The average molecular weight is 1280 g/mol. The summed E-state index contributed by atoms with van der Waals surface area (Å²) in [6, 6.07) is 0. The number of aliphatic hydroxyl groups excluding tert-OH is 1. The number of hydrogen-bond donors (Lipinski definition) is 3. The fourth-order valence-electron chi connectivity index (χ4n) is 10.0. The van der Waals surface area contributed by atoms with Crippen LogP contribution in [0.15, 0.2) is 0 Å². The Morgan fingerprint density at radius 3 is 0.816 bits per heavy atom. The van der Waals surface area contributed by atoms with Crippen molar-refractivity contribution in [3.8, 4) is 0 Å². The van der Waals surface area contributed by atoms with Gasteiger partial charge in [-0.1, -0.05) is 280 Å². The van der Waals surface area contributed by atoms with E-state index in [0.29, 0.717) is 31.6 Å². The smallest absolute Gasteiger partial charge is 0.462 e. The van der Waals surface area contributed by atoms with Crippen LogP contribution < -0.4 is 0 Å². The van der Waals surface area contributed by atoms with Crippen LogP contribution in [0, 0.1) is 23.7 Å². The Morgan fingerprint density at radius 1 is 0.322 bits per heavy atom. The van der Waals surface area contributed by atoms with Crippen LogP contribution in [0.25, 0.3) is 0 Å². The van der Waals surface area contributed by atoms with Crippen molar-refractivity contribution in [2.45, 2.75) is 350 Å². The summed E-state index contributed by atoms with van der Waals surface area (Å²) >= 11 is 0. The molecule has 0 spiro atoms. The number of rotatable bonds is 65. The van der Waals surface area contributed by atoms with Crippen molar-refractivity contribution in [1.29, 1.82) is 0 Å². The monoisotopic (exact) mass is 1280 g/mol. The van der Waals surface area contributed by atoms with Crippen molar-refractivity contribution in [2.75, 3.05) is 39.6 Å². The lowest BCUT2D eigenvalue weighted by molar-refractivity contribution is -0.161. The molecule has 8 atom stereocenters. The fourth-order valence-corrected chi connectivity index (χ4v) is 11.6. The number of carbonyl (C=O) groups excluding carboxylic acids is 4. The van der Waals surface area contributed by atoms with E-state index in [9.17, 15) is 43.2 Å². The van der Waals surface area contributed by atoms with Crippen LogP contribution in [-0.2, 0) is 65.4 Å². The molecular weight excluding hydrogens is 1150 g/mol. The van der Waals surface area contributed by atoms with Crippen LogP contribution in [0.2, 0.25) is 0 Å². The van der Waals surface area contributed by atoms with Gasteiger partial charge in [-0.25, -0.2) is 9.13 Å². The van der Waals surface area contributed by atoms with Gasteiger partial charge in [0.25, 0.3) is 0 Å². The molecule has 17 nitrogen and oxygen atoms in total. The summed E-state index contributed by atoms with van der Waals surface area (Å²) in [5.74, 6) is 0.876. The van der Waals surface area contributed by atoms with Gasteiger partial charge in [0, 0.05) is 25.7 Å². The van der Waals surface area contributed by atoms with Crippen molar-refractivity contribution < 1.29 is 80.2 Å². The molecule has 5 unspecified atom stereocenters. The highest BCUT2D eigenvalue weighted by Crippen LogP contribution is 2.45. The molecule has 0 rings (SSSR count). The molecule has 0 aromatic carbocycles. The van der Waals surface area contributed by atoms with Crippen molar-refractivity contribution >= 4 is 39.5 Å². The maximum absolute atomic E-state index is 13.0. The summed E-state index contributed by atoms with van der Waals surface area (Å²) in [6.45, 7) is 14.0. The fraction of sp³-hybridized carbons (Fsp3) is 0.941. The van der Waals surface area contributed by atoms with Gasteiger partial charge in [-0.3, -0.25) is 37.3 Å². The van der Waals surface area contributed by atoms with Crippen LogP contribution in [0.1, 0.15) is 331 Å². The standard InChI is InChI=1S/C68H132O17P2/c1-9-59(6)45-37-29-20-16-12-14-18-22-32-40-48-65(70)78-54-63(84-67(72)50-42-34-23-19-15-13-17-21-30-38-46-60(7)10-2)56-82-86(74,75)80-52-62(69)53-81-87(76,77)83-57-64(85-68(73)51-43-35-26-24-28-36-44-58(4)5)55-79-66(71)49-41-33-27-25-31-39-47-61(8)11-3/h58-64,69H,9-57H2,1-8H3,(H,74,75)(H,76,77)/t59?,60?,61?,62-,63-,64-/m1/s1. The van der Waals surface area contributed by atoms with Crippen molar-refractivity contribution in [2.24, 2.45) is 23.7 Å². The Kier molecular flexibility index (Phi) is 56.6. The van der Waals surface area contributed by atoms with Crippen LogP contribution in [0.3, 0.4) is 0 Å². The lowest BCUT2D eigenvalue weighted by atomic mass is 9.99. The topological polar surface area (TPSA) is 237 Å². The van der Waals surface area contributed by atoms with Gasteiger partial charge in [-0.2, -0.15) is 0 Å². The summed E-state index contributed by atoms with van der Waals surface area (Å²) in [5, 5.41) is 10.6. The maximum atomic E-state index is 13.0. The van der Waals surface area contributed by atoms with Gasteiger partial charge in [-0.15, -0.1) is 0 Å². The first-order valence-electron chi connectivity index (χ1n) is 35.3. The number of unbranched alkanes of at least 4 members (excludes halogenated alkanes) is 28. The molecule has 0 radical (unpaired) electrons. The Balaban J connectivity index is 5.26. The normalized spacial score (nSPS) is 15.3. The number of aliphatic hydroxyl groups is 1. The Labute approximate surface area is 530 Å². The summed E-state index contributed by atoms with van der Waals surface area (Å²) in [7, 11) is -9.90. The van der Waals surface area contributed by atoms with Crippen LogP contribution in [0.5, 0.6) is 0 Å². The number of ether oxygens (including phenoxy) is 4. The van der Waals surface area contributed by atoms with Gasteiger partial charge in [-0.05, 0) is 49.4 Å². The molecule has 0 aliphatic heterocycles. The molecule has 0 saturated heterocycles. The molecule has 87 heavy (non-hydrogen) atoms. The van der Waals surface area contributed by atoms with Gasteiger partial charge in [0.05, 0.1) is 26.4 Å². The first-order valence-corrected chi connectivity index (χ1v) is 38.3. The highest BCUT2D eigenvalue weighted by molar-refractivity contribution is 7.47. The first-order chi connectivity index (χ1) is 41.7. The number of phosphoric ester groups is 2. The first kappa shape index (κ1) is 85.1. The van der Waals surface area contributed by atoms with E-state index >= 15 is 0 Å². The summed E-state index contributed by atoms with van der Waals surface area (Å²) in [6.07, 6.45) is 39.0. The Morgan fingerprint density at radius 2 is 0.552 bits per heavy atom. The van der Waals surface area contributed by atoms with E-state index in [1.165, 1.54) is 128 Å². The molecule has 0 aromatic rings. The number of hydrogen-bond acceptors (Lipinski definition) is 15. The minimum Gasteiger partial charge on any atom is -0.462 e. The van der Waals surface area contributed by atoms with E-state index in [2.05, 4.69) is 55.4 Å². The van der Waals surface area contributed by atoms with E-state index in [4.69, 9.17) is 37.0 Å². The van der Waals surface area contributed by atoms with Gasteiger partial charge in [0.2, 0.25) is 0 Å². The van der Waals surface area contributed by atoms with E-state index in [1.54, 1.807) is 0 Å². The zero-order valence-electron chi connectivity index (χ0n) is 56.6. The SMILES string of the molecule is CCC(C)CCCCCCCCCCCCC(=O)OC[C@H](COP(=O)(O)OC[C@@H](O)COP(=O)(O)OC[C@@H](COC(=O)CCCCCCCCC(C)CC)OC(=O)CCCCCCCCC(C)C)OC(=O)CCCCCCCCCCCCC(C)CC. The predicted octanol–water partition coefficient (Wildman–Crippen LogP) is 18.9. The molecule has 0 aliphatic carbocycles. The quantitative estimate of drug-likeness (QED) is 0.0222. The van der Waals surface area contributed by atoms with Crippen LogP contribution in [-0.4, -0.2) is 96.7 Å². The Bertz CT molecular complexity index is 1740.